The molecule has 160 valence electrons. The van der Waals surface area contributed by atoms with E-state index in [-0.39, 0.29) is 6.10 Å². The molecule has 0 heterocycles. The van der Waals surface area contributed by atoms with Gasteiger partial charge in [-0.1, -0.05) is 77.8 Å². The molecular weight excluding hydrogens is 356 g/mol. The highest BCUT2D eigenvalue weighted by Crippen LogP contribution is 2.20. The Hall–Kier alpha value is -2.22. The van der Waals surface area contributed by atoms with E-state index in [1.165, 1.54) is 50.5 Å². The van der Waals surface area contributed by atoms with Crippen LogP contribution in [0.5, 0.6) is 5.75 Å². The number of unbranched alkanes of at least 4 members (excludes halogenated alkanes) is 5. The van der Waals surface area contributed by atoms with Gasteiger partial charge in [0.15, 0.2) is 0 Å². The first-order valence-corrected chi connectivity index (χ1v) is 11.1. The van der Waals surface area contributed by atoms with E-state index in [1.54, 1.807) is 0 Å². The maximum atomic E-state index is 5.84. The van der Waals surface area contributed by atoms with Gasteiger partial charge < -0.3 is 9.47 Å². The van der Waals surface area contributed by atoms with E-state index in [0.717, 1.165) is 18.6 Å². The molecule has 1 rings (SSSR count). The fourth-order valence-corrected chi connectivity index (χ4v) is 3.01. The van der Waals surface area contributed by atoms with Crippen molar-refractivity contribution in [3.63, 3.8) is 0 Å². The largest absolute Gasteiger partial charge is 0.491 e. The summed E-state index contributed by atoms with van der Waals surface area (Å²) < 4.78 is 11.7. The van der Waals surface area contributed by atoms with Crippen molar-refractivity contribution >= 4 is 0 Å². The molecule has 0 saturated heterocycles. The van der Waals surface area contributed by atoms with Gasteiger partial charge in [0.05, 0.1) is 6.10 Å². The van der Waals surface area contributed by atoms with Crippen LogP contribution < -0.4 is 4.74 Å². The average molecular weight is 397 g/mol. The van der Waals surface area contributed by atoms with Crippen molar-refractivity contribution in [1.82, 2.24) is 0 Å². The molecule has 0 aliphatic heterocycles. The predicted molar refractivity (Wildman–Crippen MR) is 126 cm³/mol. The van der Waals surface area contributed by atoms with Gasteiger partial charge in [-0.3, -0.25) is 0 Å². The van der Waals surface area contributed by atoms with Gasteiger partial charge in [-0.15, -0.1) is 0 Å². The smallest absolute Gasteiger partial charge is 0.127 e. The lowest BCUT2D eigenvalue weighted by Gasteiger charge is -2.14. The Bertz CT molecular complexity index is 652. The third-order valence-corrected chi connectivity index (χ3v) is 4.88. The molecule has 2 heteroatoms. The summed E-state index contributed by atoms with van der Waals surface area (Å²) in [7, 11) is 0. The Morgan fingerprint density at radius 1 is 0.897 bits per heavy atom. The lowest BCUT2D eigenvalue weighted by Crippen LogP contribution is -2.06. The maximum Gasteiger partial charge on any atom is 0.127 e. The van der Waals surface area contributed by atoms with E-state index in [1.807, 2.05) is 24.3 Å². The molecule has 0 aliphatic carbocycles. The van der Waals surface area contributed by atoms with Crippen molar-refractivity contribution < 1.29 is 9.47 Å². The van der Waals surface area contributed by atoms with Gasteiger partial charge in [0.2, 0.25) is 0 Å². The topological polar surface area (TPSA) is 18.5 Å². The maximum absolute atomic E-state index is 5.84. The van der Waals surface area contributed by atoms with Gasteiger partial charge in [-0.25, -0.2) is 0 Å². The first-order valence-electron chi connectivity index (χ1n) is 11.1. The second-order valence-electron chi connectivity index (χ2n) is 7.73. The Labute approximate surface area is 179 Å². The second kappa shape index (κ2) is 14.7. The second-order valence-corrected chi connectivity index (χ2v) is 7.73. The molecule has 0 fully saturated rings. The number of rotatable bonds is 16. The summed E-state index contributed by atoms with van der Waals surface area (Å²) in [6, 6.07) is 8.22. The summed E-state index contributed by atoms with van der Waals surface area (Å²) in [5.41, 5.74) is 2.05. The van der Waals surface area contributed by atoms with E-state index < -0.39 is 0 Å². The van der Waals surface area contributed by atoms with Gasteiger partial charge in [-0.2, -0.15) is 0 Å². The van der Waals surface area contributed by atoms with Crippen LogP contribution in [-0.2, 0) is 11.2 Å². The molecule has 0 saturated carbocycles. The Kier molecular flexibility index (Phi) is 12.6. The Balaban J connectivity index is 2.39. The number of allylic oxidation sites excluding steroid dienone is 2. The highest BCUT2D eigenvalue weighted by atomic mass is 16.5. The van der Waals surface area contributed by atoms with E-state index in [9.17, 15) is 0 Å². The van der Waals surface area contributed by atoms with Gasteiger partial charge in [-0.05, 0) is 62.5 Å². The predicted octanol–water partition coefficient (Wildman–Crippen LogP) is 8.31. The van der Waals surface area contributed by atoms with Crippen LogP contribution in [0.15, 0.2) is 73.2 Å². The van der Waals surface area contributed by atoms with Crippen LogP contribution in [0.1, 0.15) is 77.7 Å². The quantitative estimate of drug-likeness (QED) is 0.159. The highest BCUT2D eigenvalue weighted by molar-refractivity contribution is 5.37. The number of aryl methyl sites for hydroxylation is 1. The van der Waals surface area contributed by atoms with Gasteiger partial charge >= 0.3 is 0 Å². The van der Waals surface area contributed by atoms with E-state index in [2.05, 4.69) is 52.6 Å². The first-order chi connectivity index (χ1) is 14.0. The molecule has 0 bridgehead atoms. The zero-order chi connectivity index (χ0) is 21.5. The van der Waals surface area contributed by atoms with Crippen LogP contribution in [0, 0.1) is 0 Å². The number of ether oxygens (including phenoxy) is 2. The van der Waals surface area contributed by atoms with Crippen molar-refractivity contribution in [2.75, 3.05) is 0 Å². The summed E-state index contributed by atoms with van der Waals surface area (Å²) in [4.78, 5) is 0. The van der Waals surface area contributed by atoms with Crippen molar-refractivity contribution in [2.45, 2.75) is 84.7 Å². The van der Waals surface area contributed by atoms with Crippen LogP contribution >= 0.6 is 0 Å². The van der Waals surface area contributed by atoms with Crippen LogP contribution in [0.3, 0.4) is 0 Å². The molecule has 0 amide bonds. The Morgan fingerprint density at radius 3 is 2.21 bits per heavy atom. The fourth-order valence-electron chi connectivity index (χ4n) is 3.01. The molecule has 0 N–H and O–H groups in total. The minimum absolute atomic E-state index is 0.174. The van der Waals surface area contributed by atoms with Crippen molar-refractivity contribution in [2.24, 2.45) is 0 Å². The molecular formula is C27H40O2. The molecule has 0 radical (unpaired) electrons. The molecule has 29 heavy (non-hydrogen) atoms. The summed E-state index contributed by atoms with van der Waals surface area (Å²) >= 11 is 0. The molecule has 1 atom stereocenters. The fraction of sp³-hybridized carbons (Fsp3) is 0.481. The Morgan fingerprint density at radius 2 is 1.55 bits per heavy atom. The zero-order valence-corrected chi connectivity index (χ0v) is 18.8. The number of hydrogen-bond acceptors (Lipinski definition) is 2. The molecule has 1 aromatic carbocycles. The normalized spacial score (nSPS) is 12.0. The molecule has 1 unspecified atom stereocenters. The minimum atomic E-state index is 0.174. The summed E-state index contributed by atoms with van der Waals surface area (Å²) in [5, 5.41) is 0. The molecule has 0 aliphatic rings. The highest BCUT2D eigenvalue weighted by Gasteiger charge is 2.05. The SMILES string of the molecule is C=C(/C=C\C(=C)C(=C)Oc1ccc(CCCCC)cc1)OC(C)CCCCCC. The van der Waals surface area contributed by atoms with Crippen molar-refractivity contribution in [3.8, 4) is 5.75 Å². The van der Waals surface area contributed by atoms with Gasteiger partial charge in [0.25, 0.3) is 0 Å². The van der Waals surface area contributed by atoms with Crippen molar-refractivity contribution in [1.29, 1.82) is 0 Å². The van der Waals surface area contributed by atoms with E-state index in [0.29, 0.717) is 17.1 Å². The van der Waals surface area contributed by atoms with Crippen LogP contribution in [0.4, 0.5) is 0 Å². The van der Waals surface area contributed by atoms with Crippen molar-refractivity contribution in [3.05, 3.63) is 78.8 Å². The van der Waals surface area contributed by atoms with Gasteiger partial charge in [0, 0.05) is 5.57 Å². The minimum Gasteiger partial charge on any atom is -0.491 e. The zero-order valence-electron chi connectivity index (χ0n) is 18.8. The molecule has 2 nitrogen and oxygen atoms in total. The van der Waals surface area contributed by atoms with Crippen LogP contribution in [0.25, 0.3) is 0 Å². The molecule has 0 spiro atoms. The third kappa shape index (κ3) is 11.4. The summed E-state index contributed by atoms with van der Waals surface area (Å²) in [6.45, 7) is 18.5. The summed E-state index contributed by atoms with van der Waals surface area (Å²) in [5.74, 6) is 1.94. The van der Waals surface area contributed by atoms with Gasteiger partial charge in [0.1, 0.15) is 17.3 Å². The lowest BCUT2D eigenvalue weighted by molar-refractivity contribution is 0.131. The average Bonchev–Trinajstić information content (AvgIpc) is 2.71. The third-order valence-electron chi connectivity index (χ3n) is 4.88. The first kappa shape index (κ1) is 24.8. The van der Waals surface area contributed by atoms with Crippen LogP contribution in [-0.4, -0.2) is 6.10 Å². The number of hydrogen-bond donors (Lipinski definition) is 0. The van der Waals surface area contributed by atoms with Crippen LogP contribution in [0.2, 0.25) is 0 Å². The molecule has 1 aromatic rings. The standard InChI is InChI=1S/C27H40O2/c1-7-9-11-13-14-23(4)28-24(5)17-16-22(3)25(6)29-27-20-18-26(19-21-27)15-12-10-8-2/h16-21,23H,3,5-15H2,1-2,4H3/b17-16-. The van der Waals surface area contributed by atoms with E-state index >= 15 is 0 Å². The van der Waals surface area contributed by atoms with E-state index in [4.69, 9.17) is 9.47 Å². The summed E-state index contributed by atoms with van der Waals surface area (Å²) in [6.07, 6.45) is 14.8. The lowest BCUT2D eigenvalue weighted by atomic mass is 10.1. The molecule has 0 aromatic heterocycles. The monoisotopic (exact) mass is 396 g/mol. The number of benzene rings is 1.